The van der Waals surface area contributed by atoms with E-state index in [4.69, 9.17) is 4.74 Å². The van der Waals surface area contributed by atoms with Gasteiger partial charge in [0.1, 0.15) is 5.82 Å². The zero-order valence-electron chi connectivity index (χ0n) is 12.4. The normalized spacial score (nSPS) is 20.4. The summed E-state index contributed by atoms with van der Waals surface area (Å²) in [6.45, 7) is 9.17. The van der Waals surface area contributed by atoms with Crippen LogP contribution in [0.3, 0.4) is 0 Å². The van der Waals surface area contributed by atoms with Crippen molar-refractivity contribution < 1.29 is 4.74 Å². The van der Waals surface area contributed by atoms with Crippen molar-refractivity contribution in [2.45, 2.75) is 52.6 Å². The molecule has 19 heavy (non-hydrogen) atoms. The van der Waals surface area contributed by atoms with E-state index in [2.05, 4.69) is 21.8 Å². The summed E-state index contributed by atoms with van der Waals surface area (Å²) in [7, 11) is 0. The first kappa shape index (κ1) is 14.3. The highest BCUT2D eigenvalue weighted by Gasteiger charge is 2.19. The summed E-state index contributed by atoms with van der Waals surface area (Å²) >= 11 is 0. The molecule has 0 spiro atoms. The second-order valence-electron chi connectivity index (χ2n) is 5.33. The monoisotopic (exact) mass is 263 g/mol. The lowest BCUT2D eigenvalue weighted by Gasteiger charge is -2.23. The van der Waals surface area contributed by atoms with Crippen LogP contribution in [0.4, 0.5) is 5.82 Å². The van der Waals surface area contributed by atoms with E-state index in [0.717, 1.165) is 56.2 Å². The van der Waals surface area contributed by atoms with Crippen molar-refractivity contribution in [3.63, 3.8) is 0 Å². The third-order valence-electron chi connectivity index (χ3n) is 3.58. The van der Waals surface area contributed by atoms with E-state index >= 15 is 0 Å². The van der Waals surface area contributed by atoms with E-state index < -0.39 is 0 Å². The Kier molecular flexibility index (Phi) is 5.14. The number of aromatic nitrogens is 2. The highest BCUT2D eigenvalue weighted by atomic mass is 16.5. The van der Waals surface area contributed by atoms with Gasteiger partial charge in [0.2, 0.25) is 0 Å². The standard InChI is InChI=1S/C15H25N3O/c1-4-10-19-14-6-5-8-18(9-7-14)15-13(3)16-11-12(2)17-15/h11,14H,4-10H2,1-3H3. The first-order valence-electron chi connectivity index (χ1n) is 7.37. The topological polar surface area (TPSA) is 38.2 Å². The largest absolute Gasteiger partial charge is 0.378 e. The molecule has 1 unspecified atom stereocenters. The van der Waals surface area contributed by atoms with E-state index in [1.54, 1.807) is 0 Å². The van der Waals surface area contributed by atoms with Crippen LogP contribution in [-0.2, 0) is 4.74 Å². The summed E-state index contributed by atoms with van der Waals surface area (Å²) < 4.78 is 5.89. The zero-order chi connectivity index (χ0) is 13.7. The molecule has 106 valence electrons. The summed E-state index contributed by atoms with van der Waals surface area (Å²) in [4.78, 5) is 11.4. The van der Waals surface area contributed by atoms with E-state index in [9.17, 15) is 0 Å². The maximum atomic E-state index is 5.89. The van der Waals surface area contributed by atoms with Gasteiger partial charge in [-0.15, -0.1) is 0 Å². The summed E-state index contributed by atoms with van der Waals surface area (Å²) in [5.74, 6) is 1.05. The first-order valence-corrected chi connectivity index (χ1v) is 7.37. The third-order valence-corrected chi connectivity index (χ3v) is 3.58. The van der Waals surface area contributed by atoms with Crippen LogP contribution < -0.4 is 4.90 Å². The molecule has 2 heterocycles. The Bertz CT molecular complexity index is 408. The van der Waals surface area contributed by atoms with Gasteiger partial charge < -0.3 is 9.64 Å². The van der Waals surface area contributed by atoms with Gasteiger partial charge in [-0.2, -0.15) is 0 Å². The Morgan fingerprint density at radius 2 is 2.16 bits per heavy atom. The molecule has 0 bridgehead atoms. The predicted octanol–water partition coefficient (Wildman–Crippen LogP) is 2.88. The van der Waals surface area contributed by atoms with Crippen LogP contribution >= 0.6 is 0 Å². The summed E-state index contributed by atoms with van der Waals surface area (Å²) in [5, 5.41) is 0. The molecule has 0 N–H and O–H groups in total. The van der Waals surface area contributed by atoms with Crippen LogP contribution in [0.25, 0.3) is 0 Å². The van der Waals surface area contributed by atoms with Crippen LogP contribution in [0.15, 0.2) is 6.20 Å². The lowest BCUT2D eigenvalue weighted by Crippen LogP contribution is -2.27. The molecular weight excluding hydrogens is 238 g/mol. The van der Waals surface area contributed by atoms with Crippen LogP contribution in [0, 0.1) is 13.8 Å². The fraction of sp³-hybridized carbons (Fsp3) is 0.733. The minimum atomic E-state index is 0.419. The van der Waals surface area contributed by atoms with Crippen molar-refractivity contribution in [3.05, 3.63) is 17.6 Å². The van der Waals surface area contributed by atoms with Gasteiger partial charge in [-0.3, -0.25) is 4.98 Å². The molecule has 1 aromatic rings. The Morgan fingerprint density at radius 3 is 2.95 bits per heavy atom. The molecule has 0 aromatic carbocycles. The number of nitrogens with zero attached hydrogens (tertiary/aromatic N) is 3. The zero-order valence-corrected chi connectivity index (χ0v) is 12.4. The highest BCUT2D eigenvalue weighted by Crippen LogP contribution is 2.21. The van der Waals surface area contributed by atoms with E-state index in [-0.39, 0.29) is 0 Å². The number of hydrogen-bond donors (Lipinski definition) is 0. The van der Waals surface area contributed by atoms with Gasteiger partial charge >= 0.3 is 0 Å². The van der Waals surface area contributed by atoms with Gasteiger partial charge in [0.15, 0.2) is 0 Å². The SMILES string of the molecule is CCCOC1CCCN(c2nc(C)cnc2C)CC1. The molecule has 0 aliphatic carbocycles. The molecule has 0 amide bonds. The lowest BCUT2D eigenvalue weighted by molar-refractivity contribution is 0.0461. The van der Waals surface area contributed by atoms with Crippen LogP contribution in [0.1, 0.15) is 44.0 Å². The quantitative estimate of drug-likeness (QED) is 0.837. The van der Waals surface area contributed by atoms with Gasteiger partial charge in [-0.25, -0.2) is 4.98 Å². The Balaban J connectivity index is 2.00. The van der Waals surface area contributed by atoms with Crippen molar-refractivity contribution in [1.82, 2.24) is 9.97 Å². The van der Waals surface area contributed by atoms with E-state index in [1.165, 1.54) is 6.42 Å². The van der Waals surface area contributed by atoms with Gasteiger partial charge in [0.05, 0.1) is 17.5 Å². The Hall–Kier alpha value is -1.16. The van der Waals surface area contributed by atoms with Gasteiger partial charge in [-0.05, 0) is 39.5 Å². The molecular formula is C15H25N3O. The number of hydrogen-bond acceptors (Lipinski definition) is 4. The number of rotatable bonds is 4. The van der Waals surface area contributed by atoms with Crippen molar-refractivity contribution >= 4 is 5.82 Å². The van der Waals surface area contributed by atoms with Crippen LogP contribution in [-0.4, -0.2) is 35.8 Å². The van der Waals surface area contributed by atoms with Crippen molar-refractivity contribution in [2.24, 2.45) is 0 Å². The second kappa shape index (κ2) is 6.85. The Morgan fingerprint density at radius 1 is 1.32 bits per heavy atom. The smallest absolute Gasteiger partial charge is 0.150 e. The van der Waals surface area contributed by atoms with Gasteiger partial charge in [0, 0.05) is 25.9 Å². The van der Waals surface area contributed by atoms with Gasteiger partial charge in [0.25, 0.3) is 0 Å². The maximum absolute atomic E-state index is 5.89. The van der Waals surface area contributed by atoms with E-state index in [0.29, 0.717) is 6.10 Å². The fourth-order valence-corrected chi connectivity index (χ4v) is 2.55. The molecule has 1 fully saturated rings. The summed E-state index contributed by atoms with van der Waals surface area (Å²) in [6, 6.07) is 0. The van der Waals surface area contributed by atoms with Crippen LogP contribution in [0.5, 0.6) is 0 Å². The molecule has 0 saturated carbocycles. The molecule has 1 aromatic heterocycles. The number of anilines is 1. The number of aryl methyl sites for hydroxylation is 2. The van der Waals surface area contributed by atoms with Crippen LogP contribution in [0.2, 0.25) is 0 Å². The molecule has 0 radical (unpaired) electrons. The Labute approximate surface area is 116 Å². The minimum absolute atomic E-state index is 0.419. The number of ether oxygens (including phenoxy) is 1. The molecule has 4 heteroatoms. The first-order chi connectivity index (χ1) is 9.20. The summed E-state index contributed by atoms with van der Waals surface area (Å²) in [5.41, 5.74) is 2.02. The molecule has 1 saturated heterocycles. The predicted molar refractivity (Wildman–Crippen MR) is 77.6 cm³/mol. The molecule has 1 aliphatic rings. The third kappa shape index (κ3) is 3.90. The van der Waals surface area contributed by atoms with Crippen molar-refractivity contribution in [2.75, 3.05) is 24.6 Å². The molecule has 2 rings (SSSR count). The van der Waals surface area contributed by atoms with Gasteiger partial charge in [-0.1, -0.05) is 6.92 Å². The minimum Gasteiger partial charge on any atom is -0.378 e. The lowest BCUT2D eigenvalue weighted by atomic mass is 10.2. The van der Waals surface area contributed by atoms with Crippen molar-refractivity contribution in [3.8, 4) is 0 Å². The molecule has 1 aliphatic heterocycles. The molecule has 1 atom stereocenters. The average Bonchev–Trinajstić information content (AvgIpc) is 2.64. The molecule has 4 nitrogen and oxygen atoms in total. The average molecular weight is 263 g/mol. The highest BCUT2D eigenvalue weighted by molar-refractivity contribution is 5.43. The van der Waals surface area contributed by atoms with E-state index in [1.807, 2.05) is 20.0 Å². The van der Waals surface area contributed by atoms with Crippen molar-refractivity contribution in [1.29, 1.82) is 0 Å². The summed E-state index contributed by atoms with van der Waals surface area (Å²) in [6.07, 6.45) is 6.78. The fourth-order valence-electron chi connectivity index (χ4n) is 2.55. The second-order valence-corrected chi connectivity index (χ2v) is 5.33. The maximum Gasteiger partial charge on any atom is 0.150 e.